The van der Waals surface area contributed by atoms with Crippen molar-refractivity contribution >= 4 is 22.4 Å². The highest BCUT2D eigenvalue weighted by molar-refractivity contribution is 5.98. The van der Waals surface area contributed by atoms with Gasteiger partial charge in [0.1, 0.15) is 5.75 Å². The summed E-state index contributed by atoms with van der Waals surface area (Å²) in [6.07, 6.45) is 5.09. The van der Waals surface area contributed by atoms with E-state index < -0.39 is 6.10 Å². The third-order valence-corrected chi connectivity index (χ3v) is 7.41. The van der Waals surface area contributed by atoms with Crippen LogP contribution >= 0.6 is 0 Å². The summed E-state index contributed by atoms with van der Waals surface area (Å²) in [5.41, 5.74) is 4.32. The lowest BCUT2D eigenvalue weighted by Crippen LogP contribution is -2.38. The number of aromatic nitrogens is 3. The Hall–Kier alpha value is -4.53. The molecule has 41 heavy (non-hydrogen) atoms. The Balaban J connectivity index is 1.27. The van der Waals surface area contributed by atoms with E-state index in [0.29, 0.717) is 24.4 Å². The van der Waals surface area contributed by atoms with Crippen LogP contribution in [0.25, 0.3) is 22.0 Å². The van der Waals surface area contributed by atoms with Crippen molar-refractivity contribution in [1.82, 2.24) is 20.3 Å². The fraction of sp³-hybridized carbons (Fsp3) is 0.242. The molecule has 6 rings (SSSR count). The largest absolute Gasteiger partial charge is 0.437 e. The smallest absolute Gasteiger partial charge is 0.228 e. The van der Waals surface area contributed by atoms with Crippen LogP contribution in [0.1, 0.15) is 30.1 Å². The molecule has 2 aromatic heterocycles. The van der Waals surface area contributed by atoms with Crippen LogP contribution in [0, 0.1) is 6.92 Å². The summed E-state index contributed by atoms with van der Waals surface area (Å²) in [6, 6.07) is 25.9. The molecule has 0 spiro atoms. The van der Waals surface area contributed by atoms with Crippen molar-refractivity contribution in [3.05, 3.63) is 102 Å². The Kier molecular flexibility index (Phi) is 8.02. The van der Waals surface area contributed by atoms with E-state index in [1.807, 2.05) is 79.7 Å². The van der Waals surface area contributed by atoms with E-state index in [2.05, 4.69) is 32.0 Å². The van der Waals surface area contributed by atoms with Crippen LogP contribution in [0.4, 0.5) is 11.6 Å². The minimum atomic E-state index is -0.620. The number of piperidine rings is 1. The number of ether oxygens (including phenoxy) is 1. The third-order valence-electron chi connectivity index (χ3n) is 7.41. The van der Waals surface area contributed by atoms with Gasteiger partial charge in [-0.25, -0.2) is 15.0 Å². The summed E-state index contributed by atoms with van der Waals surface area (Å²) in [4.78, 5) is 13.8. The van der Waals surface area contributed by atoms with E-state index in [1.54, 1.807) is 12.4 Å². The summed E-state index contributed by atoms with van der Waals surface area (Å²) in [5.74, 6) is 1.81. The predicted octanol–water partition coefficient (Wildman–Crippen LogP) is 6.10. The highest BCUT2D eigenvalue weighted by Crippen LogP contribution is 2.38. The molecule has 8 nitrogen and oxygen atoms in total. The van der Waals surface area contributed by atoms with Crippen molar-refractivity contribution in [1.29, 1.82) is 0 Å². The summed E-state index contributed by atoms with van der Waals surface area (Å²) >= 11 is 0. The molecule has 0 amide bonds. The van der Waals surface area contributed by atoms with Crippen molar-refractivity contribution < 1.29 is 9.84 Å². The Labute approximate surface area is 239 Å². The van der Waals surface area contributed by atoms with Gasteiger partial charge in [0.2, 0.25) is 11.8 Å². The number of fused-ring (bicyclic) bond motifs is 1. The van der Waals surface area contributed by atoms with Gasteiger partial charge >= 0.3 is 0 Å². The van der Waals surface area contributed by atoms with Crippen molar-refractivity contribution in [2.75, 3.05) is 30.3 Å². The number of nitrogens with one attached hydrogen (secondary N) is 3. The molecule has 0 aliphatic carbocycles. The van der Waals surface area contributed by atoms with Crippen molar-refractivity contribution in [3.63, 3.8) is 0 Å². The Morgan fingerprint density at radius 3 is 2.71 bits per heavy atom. The van der Waals surface area contributed by atoms with Gasteiger partial charge < -0.3 is 25.8 Å². The first-order valence-electron chi connectivity index (χ1n) is 14.1. The topological polar surface area (TPSA) is 104 Å². The van der Waals surface area contributed by atoms with Gasteiger partial charge in [-0.3, -0.25) is 0 Å². The first-order chi connectivity index (χ1) is 20.2. The van der Waals surface area contributed by atoms with E-state index >= 15 is 0 Å². The summed E-state index contributed by atoms with van der Waals surface area (Å²) in [6.45, 7) is 4.37. The Bertz CT molecular complexity index is 1620. The van der Waals surface area contributed by atoms with Crippen molar-refractivity contribution in [2.24, 2.45) is 0 Å². The van der Waals surface area contributed by atoms with Crippen molar-refractivity contribution in [3.8, 4) is 22.9 Å². The molecule has 208 valence electrons. The van der Waals surface area contributed by atoms with Crippen LogP contribution in [0.3, 0.4) is 0 Å². The molecule has 1 fully saturated rings. The first kappa shape index (κ1) is 26.7. The number of aryl methyl sites for hydroxylation is 1. The molecule has 4 N–H and O–H groups in total. The lowest BCUT2D eigenvalue weighted by Gasteiger charge is -2.23. The zero-order chi connectivity index (χ0) is 28.0. The lowest BCUT2D eigenvalue weighted by atomic mass is 10.0. The van der Waals surface area contributed by atoms with E-state index in [0.717, 1.165) is 70.5 Å². The number of pyridine rings is 1. The van der Waals surface area contributed by atoms with Gasteiger partial charge in [-0.05, 0) is 61.7 Å². The van der Waals surface area contributed by atoms with Crippen molar-refractivity contribution in [2.45, 2.75) is 31.9 Å². The minimum Gasteiger partial charge on any atom is -0.437 e. The number of aliphatic hydroxyl groups is 1. The van der Waals surface area contributed by atoms with Gasteiger partial charge in [0.15, 0.2) is 0 Å². The quantitative estimate of drug-likeness (QED) is 0.176. The van der Waals surface area contributed by atoms with E-state index in [1.165, 1.54) is 0 Å². The molecule has 0 radical (unpaired) electrons. The second kappa shape index (κ2) is 12.3. The molecule has 0 saturated carbocycles. The van der Waals surface area contributed by atoms with E-state index in [9.17, 15) is 5.11 Å². The van der Waals surface area contributed by atoms with Crippen LogP contribution in [-0.2, 0) is 0 Å². The number of hydrogen-bond donors (Lipinski definition) is 4. The van der Waals surface area contributed by atoms with Crippen LogP contribution in [0.5, 0.6) is 11.6 Å². The monoisotopic (exact) mass is 546 g/mol. The molecule has 1 aliphatic rings. The molecule has 3 aromatic carbocycles. The van der Waals surface area contributed by atoms with Crippen LogP contribution in [0.15, 0.2) is 91.3 Å². The summed E-state index contributed by atoms with van der Waals surface area (Å²) in [7, 11) is 0. The van der Waals surface area contributed by atoms with Crippen LogP contribution in [0.2, 0.25) is 0 Å². The molecule has 2 atom stereocenters. The molecular weight excluding hydrogens is 512 g/mol. The maximum Gasteiger partial charge on any atom is 0.228 e. The molecule has 1 saturated heterocycles. The second-order valence-electron chi connectivity index (χ2n) is 10.3. The molecule has 3 heterocycles. The number of aliphatic hydroxyl groups excluding tert-OH is 1. The normalized spacial score (nSPS) is 15.8. The van der Waals surface area contributed by atoms with Gasteiger partial charge in [0, 0.05) is 48.0 Å². The van der Waals surface area contributed by atoms with Crippen LogP contribution in [-0.4, -0.2) is 45.7 Å². The SMILES string of the molecule is Cc1ccc2c(NC[C@H](O)c3ccccc3)cccc2c1Oc1ncccc1-c1ccnc(NC2CCCNC2)n1. The molecule has 5 aromatic rings. The number of nitrogens with zero attached hydrogens (tertiary/aromatic N) is 3. The Morgan fingerprint density at radius 1 is 0.951 bits per heavy atom. The molecule has 1 unspecified atom stereocenters. The first-order valence-corrected chi connectivity index (χ1v) is 14.1. The molecule has 1 aliphatic heterocycles. The Morgan fingerprint density at radius 2 is 1.85 bits per heavy atom. The van der Waals surface area contributed by atoms with E-state index in [4.69, 9.17) is 9.72 Å². The van der Waals surface area contributed by atoms with Gasteiger partial charge in [-0.2, -0.15) is 0 Å². The predicted molar refractivity (Wildman–Crippen MR) is 163 cm³/mol. The van der Waals surface area contributed by atoms with Gasteiger partial charge in [0.25, 0.3) is 0 Å². The van der Waals surface area contributed by atoms with Crippen LogP contribution < -0.4 is 20.7 Å². The average Bonchev–Trinajstić information content (AvgIpc) is 3.02. The molecule has 0 bridgehead atoms. The maximum atomic E-state index is 10.7. The number of rotatable bonds is 9. The zero-order valence-corrected chi connectivity index (χ0v) is 23.0. The third kappa shape index (κ3) is 6.14. The van der Waals surface area contributed by atoms with Gasteiger partial charge in [-0.15, -0.1) is 0 Å². The molecular formula is C33H34N6O2. The lowest BCUT2D eigenvalue weighted by molar-refractivity contribution is 0.191. The number of anilines is 2. The average molecular weight is 547 g/mol. The summed E-state index contributed by atoms with van der Waals surface area (Å²) in [5, 5.41) is 22.9. The van der Waals surface area contributed by atoms with Gasteiger partial charge in [-0.1, -0.05) is 54.6 Å². The number of benzene rings is 3. The number of hydrogen-bond acceptors (Lipinski definition) is 8. The highest BCUT2D eigenvalue weighted by Gasteiger charge is 2.18. The second-order valence-corrected chi connectivity index (χ2v) is 10.3. The fourth-order valence-electron chi connectivity index (χ4n) is 5.23. The standard InChI is InChI=1S/C33H34N6O2/c1-22-14-15-25-26(11-5-13-28(25)37-21-30(40)23-8-3-2-4-9-23)31(22)41-32-27(12-7-18-35-32)29-16-19-36-33(39-29)38-24-10-6-17-34-20-24/h2-5,7-9,11-16,18-19,24,30,34,37,40H,6,10,17,20-21H2,1H3,(H,36,38,39)/t24?,30-/m0/s1. The maximum absolute atomic E-state index is 10.7. The van der Waals surface area contributed by atoms with Gasteiger partial charge in [0.05, 0.1) is 17.4 Å². The fourth-order valence-corrected chi connectivity index (χ4v) is 5.23. The minimum absolute atomic E-state index is 0.304. The highest BCUT2D eigenvalue weighted by atomic mass is 16.5. The van der Waals surface area contributed by atoms with E-state index in [-0.39, 0.29) is 0 Å². The zero-order valence-electron chi connectivity index (χ0n) is 23.0. The molecule has 8 heteroatoms. The summed E-state index contributed by atoms with van der Waals surface area (Å²) < 4.78 is 6.57.